The van der Waals surface area contributed by atoms with E-state index in [0.29, 0.717) is 17.1 Å². The van der Waals surface area contributed by atoms with E-state index in [0.717, 1.165) is 0 Å². The predicted molar refractivity (Wildman–Crippen MR) is 51.0 cm³/mol. The number of rotatable bonds is 2. The number of fused-ring (bicyclic) bond motifs is 1. The Hall–Kier alpha value is -1.26. The molecular formula is C9H8ClNO3. The molecule has 14 heavy (non-hydrogen) atoms. The average molecular weight is 214 g/mol. The molecule has 1 heterocycles. The molecule has 0 aliphatic carbocycles. The molecular weight excluding hydrogens is 206 g/mol. The van der Waals surface area contributed by atoms with E-state index in [2.05, 4.69) is 0 Å². The number of nitrogens with two attached hydrogens (primary N) is 1. The van der Waals surface area contributed by atoms with Gasteiger partial charge in [-0.1, -0.05) is 11.6 Å². The Morgan fingerprint density at radius 1 is 1.50 bits per heavy atom. The van der Waals surface area contributed by atoms with Crippen LogP contribution in [0.25, 0.3) is 0 Å². The third-order valence-electron chi connectivity index (χ3n) is 1.96. The van der Waals surface area contributed by atoms with Crippen LogP contribution in [0.1, 0.15) is 10.4 Å². The molecule has 0 bridgehead atoms. The highest BCUT2D eigenvalue weighted by Crippen LogP contribution is 2.40. The average Bonchev–Trinajstić information content (AvgIpc) is 2.66. The first-order valence-corrected chi connectivity index (χ1v) is 4.43. The summed E-state index contributed by atoms with van der Waals surface area (Å²) in [5.41, 5.74) is 5.61. The molecule has 0 atom stereocenters. The number of hydrogen-bond acceptors (Lipinski definition) is 4. The summed E-state index contributed by atoms with van der Waals surface area (Å²) in [6.45, 7) is 0.0642. The molecule has 0 amide bonds. The SMILES string of the molecule is NCC(=O)c1ccc2c(c1Cl)OCO2. The zero-order valence-corrected chi connectivity index (χ0v) is 8.00. The van der Waals surface area contributed by atoms with Crippen LogP contribution in [0.15, 0.2) is 12.1 Å². The molecule has 0 unspecified atom stereocenters. The summed E-state index contributed by atoms with van der Waals surface area (Å²) < 4.78 is 10.2. The van der Waals surface area contributed by atoms with Gasteiger partial charge in [-0.2, -0.15) is 0 Å². The topological polar surface area (TPSA) is 61.6 Å². The molecule has 2 N–H and O–H groups in total. The second kappa shape index (κ2) is 3.48. The van der Waals surface area contributed by atoms with Crippen LogP contribution in [0.2, 0.25) is 5.02 Å². The zero-order valence-electron chi connectivity index (χ0n) is 7.25. The summed E-state index contributed by atoms with van der Waals surface area (Å²) in [6, 6.07) is 3.24. The van der Waals surface area contributed by atoms with E-state index in [1.54, 1.807) is 12.1 Å². The summed E-state index contributed by atoms with van der Waals surface area (Å²) >= 11 is 5.95. The fourth-order valence-corrected chi connectivity index (χ4v) is 1.58. The van der Waals surface area contributed by atoms with E-state index >= 15 is 0 Å². The lowest BCUT2D eigenvalue weighted by Crippen LogP contribution is -2.13. The molecule has 2 rings (SSSR count). The minimum Gasteiger partial charge on any atom is -0.454 e. The Balaban J connectivity index is 2.50. The largest absolute Gasteiger partial charge is 0.454 e. The molecule has 0 radical (unpaired) electrons. The maximum atomic E-state index is 11.3. The van der Waals surface area contributed by atoms with Crippen molar-refractivity contribution in [1.29, 1.82) is 0 Å². The lowest BCUT2D eigenvalue weighted by Gasteiger charge is -2.04. The summed E-state index contributed by atoms with van der Waals surface area (Å²) in [6.07, 6.45) is 0. The smallest absolute Gasteiger partial charge is 0.231 e. The van der Waals surface area contributed by atoms with Crippen molar-refractivity contribution in [2.24, 2.45) is 5.73 Å². The minimum atomic E-state index is -0.215. The van der Waals surface area contributed by atoms with Gasteiger partial charge >= 0.3 is 0 Å². The van der Waals surface area contributed by atoms with Crippen molar-refractivity contribution < 1.29 is 14.3 Å². The van der Waals surface area contributed by atoms with Crippen molar-refractivity contribution in [3.63, 3.8) is 0 Å². The Morgan fingerprint density at radius 3 is 3.00 bits per heavy atom. The highest BCUT2D eigenvalue weighted by Gasteiger charge is 2.21. The monoisotopic (exact) mass is 213 g/mol. The molecule has 0 aromatic heterocycles. The molecule has 5 heteroatoms. The summed E-state index contributed by atoms with van der Waals surface area (Å²) in [7, 11) is 0. The van der Waals surface area contributed by atoms with Crippen LogP contribution in [0.4, 0.5) is 0 Å². The highest BCUT2D eigenvalue weighted by molar-refractivity contribution is 6.35. The van der Waals surface area contributed by atoms with Crippen LogP contribution in [0, 0.1) is 0 Å². The lowest BCUT2D eigenvalue weighted by molar-refractivity contribution is 0.100. The van der Waals surface area contributed by atoms with Crippen molar-refractivity contribution in [3.05, 3.63) is 22.7 Å². The Kier molecular flexibility index (Phi) is 2.31. The molecule has 74 valence electrons. The molecule has 0 fully saturated rings. The number of benzene rings is 1. The van der Waals surface area contributed by atoms with Crippen molar-refractivity contribution >= 4 is 17.4 Å². The molecule has 1 aromatic rings. The van der Waals surface area contributed by atoms with E-state index < -0.39 is 0 Å². The van der Waals surface area contributed by atoms with Gasteiger partial charge in [0.1, 0.15) is 0 Å². The van der Waals surface area contributed by atoms with Gasteiger partial charge < -0.3 is 15.2 Å². The maximum absolute atomic E-state index is 11.3. The lowest BCUT2D eigenvalue weighted by atomic mass is 10.1. The van der Waals surface area contributed by atoms with Crippen LogP contribution in [0.3, 0.4) is 0 Å². The van der Waals surface area contributed by atoms with Crippen molar-refractivity contribution in [3.8, 4) is 11.5 Å². The Labute approximate surface area is 85.6 Å². The number of halogens is 1. The predicted octanol–water partition coefficient (Wildman–Crippen LogP) is 1.21. The number of carbonyl (C=O) groups excluding carboxylic acids is 1. The summed E-state index contributed by atoms with van der Waals surface area (Å²) in [5.74, 6) is 0.767. The third-order valence-corrected chi connectivity index (χ3v) is 2.34. The van der Waals surface area contributed by atoms with E-state index in [1.165, 1.54) is 0 Å². The van der Waals surface area contributed by atoms with Gasteiger partial charge in [0.15, 0.2) is 17.3 Å². The van der Waals surface area contributed by atoms with E-state index in [9.17, 15) is 4.79 Å². The van der Waals surface area contributed by atoms with Gasteiger partial charge in [-0.25, -0.2) is 0 Å². The quantitative estimate of drug-likeness (QED) is 0.751. The summed E-state index contributed by atoms with van der Waals surface area (Å²) in [5, 5.41) is 0.274. The molecule has 0 spiro atoms. The molecule has 1 aliphatic rings. The Morgan fingerprint density at radius 2 is 2.29 bits per heavy atom. The number of ketones is 1. The molecule has 0 saturated heterocycles. The zero-order chi connectivity index (χ0) is 10.1. The van der Waals surface area contributed by atoms with Gasteiger partial charge in [-0.05, 0) is 12.1 Å². The normalized spacial score (nSPS) is 13.0. The van der Waals surface area contributed by atoms with Crippen LogP contribution < -0.4 is 15.2 Å². The van der Waals surface area contributed by atoms with Crippen LogP contribution in [-0.2, 0) is 0 Å². The van der Waals surface area contributed by atoms with Crippen molar-refractivity contribution in [1.82, 2.24) is 0 Å². The van der Waals surface area contributed by atoms with Gasteiger partial charge in [0.2, 0.25) is 6.79 Å². The summed E-state index contributed by atoms with van der Waals surface area (Å²) in [4.78, 5) is 11.3. The third kappa shape index (κ3) is 1.32. The number of carbonyl (C=O) groups is 1. The van der Waals surface area contributed by atoms with Crippen molar-refractivity contribution in [2.45, 2.75) is 0 Å². The van der Waals surface area contributed by atoms with Crippen LogP contribution in [0.5, 0.6) is 11.5 Å². The molecule has 0 saturated carbocycles. The minimum absolute atomic E-state index is 0.0701. The first-order chi connectivity index (χ1) is 6.74. The van der Waals surface area contributed by atoms with E-state index in [1.807, 2.05) is 0 Å². The van der Waals surface area contributed by atoms with Gasteiger partial charge in [0.25, 0.3) is 0 Å². The van der Waals surface area contributed by atoms with E-state index in [-0.39, 0.29) is 24.1 Å². The Bertz CT molecular complexity index is 392. The van der Waals surface area contributed by atoms with E-state index in [4.69, 9.17) is 26.8 Å². The fourth-order valence-electron chi connectivity index (χ4n) is 1.26. The molecule has 1 aliphatic heterocycles. The van der Waals surface area contributed by atoms with Gasteiger partial charge in [-0.15, -0.1) is 0 Å². The van der Waals surface area contributed by atoms with Crippen LogP contribution in [-0.4, -0.2) is 19.1 Å². The second-order valence-electron chi connectivity index (χ2n) is 2.79. The molecule has 4 nitrogen and oxygen atoms in total. The van der Waals surface area contributed by atoms with Gasteiger partial charge in [0.05, 0.1) is 11.6 Å². The first-order valence-electron chi connectivity index (χ1n) is 4.05. The van der Waals surface area contributed by atoms with Crippen molar-refractivity contribution in [2.75, 3.05) is 13.3 Å². The fraction of sp³-hybridized carbons (Fsp3) is 0.222. The standard InChI is InChI=1S/C9H8ClNO3/c10-8-5(6(12)3-11)1-2-7-9(8)14-4-13-7/h1-2H,3-4,11H2. The highest BCUT2D eigenvalue weighted by atomic mass is 35.5. The number of ether oxygens (including phenoxy) is 2. The number of Topliss-reactive ketones (excluding diaryl/α,β-unsaturated/α-hetero) is 1. The van der Waals surface area contributed by atoms with Gasteiger partial charge in [-0.3, -0.25) is 4.79 Å². The maximum Gasteiger partial charge on any atom is 0.231 e. The number of hydrogen-bond donors (Lipinski definition) is 1. The van der Waals surface area contributed by atoms with Gasteiger partial charge in [0, 0.05) is 5.56 Å². The second-order valence-corrected chi connectivity index (χ2v) is 3.17. The molecule has 1 aromatic carbocycles. The van der Waals surface area contributed by atoms with Crippen LogP contribution >= 0.6 is 11.6 Å². The first kappa shape index (κ1) is 9.30.